The molecule has 0 spiro atoms. The van der Waals surface area contributed by atoms with E-state index >= 15 is 0 Å². The molecule has 1 heterocycles. The number of fused-ring (bicyclic) bond motifs is 1. The van der Waals surface area contributed by atoms with Crippen LogP contribution in [0.1, 0.15) is 47.2 Å². The Morgan fingerprint density at radius 3 is 3.09 bits per heavy atom. The van der Waals surface area contributed by atoms with Gasteiger partial charge in [-0.15, -0.1) is 11.8 Å². The van der Waals surface area contributed by atoms with Gasteiger partial charge in [0.15, 0.2) is 0 Å². The summed E-state index contributed by atoms with van der Waals surface area (Å²) in [6.07, 6.45) is 5.21. The summed E-state index contributed by atoms with van der Waals surface area (Å²) in [5.74, 6) is 1.38. The molecule has 0 radical (unpaired) electrons. The first-order valence-electron chi connectivity index (χ1n) is 8.22. The van der Waals surface area contributed by atoms with Crippen molar-refractivity contribution >= 4 is 17.7 Å². The van der Waals surface area contributed by atoms with Gasteiger partial charge in [-0.1, -0.05) is 31.2 Å². The number of carbonyl (C=O) groups is 1. The molecule has 0 saturated carbocycles. The van der Waals surface area contributed by atoms with Crippen LogP contribution in [0, 0.1) is 0 Å². The Bertz CT molecular complexity index is 687. The van der Waals surface area contributed by atoms with Gasteiger partial charge in [-0.05, 0) is 48.3 Å². The van der Waals surface area contributed by atoms with E-state index in [1.165, 1.54) is 17.5 Å². The average molecular weight is 326 g/mol. The summed E-state index contributed by atoms with van der Waals surface area (Å²) in [6.45, 7) is 2.79. The molecule has 23 heavy (non-hydrogen) atoms. The maximum absolute atomic E-state index is 12.4. The highest BCUT2D eigenvalue weighted by Crippen LogP contribution is 2.30. The molecular formula is C19H22N2OS. The predicted octanol–water partition coefficient (Wildman–Crippen LogP) is 4.04. The minimum Gasteiger partial charge on any atom is -0.351 e. The van der Waals surface area contributed by atoms with E-state index in [0.29, 0.717) is 18.0 Å². The smallest absolute Gasteiger partial charge is 0.251 e. The molecule has 1 aromatic carbocycles. The predicted molar refractivity (Wildman–Crippen MR) is 95.1 cm³/mol. The number of pyridine rings is 1. The zero-order valence-electron chi connectivity index (χ0n) is 13.4. The van der Waals surface area contributed by atoms with E-state index in [1.807, 2.05) is 6.07 Å². The highest BCUT2D eigenvalue weighted by Gasteiger charge is 2.20. The maximum atomic E-state index is 12.4. The summed E-state index contributed by atoms with van der Waals surface area (Å²) in [5, 5.41) is 4.01. The normalized spacial score (nSPS) is 16.7. The molecule has 0 bridgehead atoms. The minimum atomic E-state index is -0.00610. The minimum absolute atomic E-state index is 0.00610. The highest BCUT2D eigenvalue weighted by atomic mass is 32.2. The van der Waals surface area contributed by atoms with Gasteiger partial charge in [-0.25, -0.2) is 4.98 Å². The summed E-state index contributed by atoms with van der Waals surface area (Å²) in [5.41, 5.74) is 3.53. The molecule has 1 N–H and O–H groups in total. The Morgan fingerprint density at radius 2 is 2.22 bits per heavy atom. The lowest BCUT2D eigenvalue weighted by Gasteiger charge is -2.25. The van der Waals surface area contributed by atoms with Crippen LogP contribution in [0.15, 0.2) is 47.6 Å². The monoisotopic (exact) mass is 326 g/mol. The van der Waals surface area contributed by atoms with Crippen molar-refractivity contribution in [1.82, 2.24) is 10.3 Å². The molecule has 0 unspecified atom stereocenters. The molecule has 1 aromatic heterocycles. The second kappa shape index (κ2) is 7.64. The molecule has 3 nitrogen and oxygen atoms in total. The van der Waals surface area contributed by atoms with Gasteiger partial charge in [0.1, 0.15) is 0 Å². The van der Waals surface area contributed by atoms with E-state index in [1.54, 1.807) is 24.0 Å². The Labute approximate surface area is 141 Å². The third-order valence-electron chi connectivity index (χ3n) is 4.29. The third kappa shape index (κ3) is 3.94. The first-order chi connectivity index (χ1) is 11.3. The molecule has 0 fully saturated rings. The van der Waals surface area contributed by atoms with Crippen molar-refractivity contribution < 1.29 is 4.79 Å². The van der Waals surface area contributed by atoms with Crippen LogP contribution < -0.4 is 5.32 Å². The van der Waals surface area contributed by atoms with Gasteiger partial charge in [-0.3, -0.25) is 4.79 Å². The van der Waals surface area contributed by atoms with Crippen molar-refractivity contribution in [1.29, 1.82) is 0 Å². The number of hydrogen-bond donors (Lipinski definition) is 1. The fourth-order valence-electron chi connectivity index (χ4n) is 3.16. The van der Waals surface area contributed by atoms with Crippen molar-refractivity contribution in [2.24, 2.45) is 0 Å². The van der Waals surface area contributed by atoms with Crippen LogP contribution in [0.3, 0.4) is 0 Å². The summed E-state index contributed by atoms with van der Waals surface area (Å²) < 4.78 is 0. The first kappa shape index (κ1) is 16.1. The van der Waals surface area contributed by atoms with E-state index in [9.17, 15) is 4.79 Å². The molecule has 1 aliphatic carbocycles. The van der Waals surface area contributed by atoms with Gasteiger partial charge in [0.05, 0.1) is 5.03 Å². The molecular weight excluding hydrogens is 304 g/mol. The van der Waals surface area contributed by atoms with E-state index in [2.05, 4.69) is 41.5 Å². The van der Waals surface area contributed by atoms with Crippen molar-refractivity contribution in [3.8, 4) is 0 Å². The van der Waals surface area contributed by atoms with Crippen LogP contribution in [0.5, 0.6) is 0 Å². The van der Waals surface area contributed by atoms with Crippen LogP contribution in [0.2, 0.25) is 0 Å². The van der Waals surface area contributed by atoms with Gasteiger partial charge in [-0.2, -0.15) is 0 Å². The van der Waals surface area contributed by atoms with Crippen molar-refractivity contribution in [2.45, 2.75) is 37.1 Å². The molecule has 1 aliphatic rings. The van der Waals surface area contributed by atoms with Crippen molar-refractivity contribution in [2.75, 3.05) is 12.3 Å². The van der Waals surface area contributed by atoms with Gasteiger partial charge in [0.25, 0.3) is 5.91 Å². The number of nitrogens with zero attached hydrogens (tertiary/aromatic N) is 1. The van der Waals surface area contributed by atoms with Crippen molar-refractivity contribution in [3.63, 3.8) is 0 Å². The number of thioether (sulfide) groups is 1. The van der Waals surface area contributed by atoms with Gasteiger partial charge < -0.3 is 5.32 Å². The standard InChI is InChI=1S/C19H22N2OS/c1-2-23-18-12-15(10-11-20-18)19(22)21-13-16-8-5-7-14-6-3-4-9-17(14)16/h3-4,6,9-12,16H,2,5,7-8,13H2,1H3,(H,21,22)/t16-/m1/s1. The third-order valence-corrected chi connectivity index (χ3v) is 5.10. The number of aryl methyl sites for hydroxylation is 1. The van der Waals surface area contributed by atoms with Gasteiger partial charge >= 0.3 is 0 Å². The van der Waals surface area contributed by atoms with E-state index in [4.69, 9.17) is 0 Å². The zero-order valence-corrected chi connectivity index (χ0v) is 14.2. The lowest BCUT2D eigenvalue weighted by Crippen LogP contribution is -2.30. The Balaban J connectivity index is 1.65. The molecule has 3 rings (SSSR count). The number of benzene rings is 1. The Hall–Kier alpha value is -1.81. The SMILES string of the molecule is CCSc1cc(C(=O)NC[C@H]2CCCc3ccccc32)ccn1. The summed E-state index contributed by atoms with van der Waals surface area (Å²) >= 11 is 1.65. The van der Waals surface area contributed by atoms with Crippen LogP contribution in [0.4, 0.5) is 0 Å². The summed E-state index contributed by atoms with van der Waals surface area (Å²) in [6, 6.07) is 12.3. The molecule has 120 valence electrons. The lowest BCUT2D eigenvalue weighted by atomic mass is 9.83. The quantitative estimate of drug-likeness (QED) is 0.843. The zero-order chi connectivity index (χ0) is 16.1. The second-order valence-electron chi connectivity index (χ2n) is 5.81. The number of carbonyl (C=O) groups excluding carboxylic acids is 1. The first-order valence-corrected chi connectivity index (χ1v) is 9.21. The number of aromatic nitrogens is 1. The van der Waals surface area contributed by atoms with Gasteiger partial charge in [0.2, 0.25) is 0 Å². The average Bonchev–Trinajstić information content (AvgIpc) is 2.60. The topological polar surface area (TPSA) is 42.0 Å². The molecule has 2 aromatic rings. The molecule has 0 saturated heterocycles. The van der Waals surface area contributed by atoms with Crippen molar-refractivity contribution in [3.05, 3.63) is 59.3 Å². The van der Waals surface area contributed by atoms with E-state index < -0.39 is 0 Å². The van der Waals surface area contributed by atoms with Crippen LogP contribution in [-0.2, 0) is 6.42 Å². The largest absolute Gasteiger partial charge is 0.351 e. The lowest BCUT2D eigenvalue weighted by molar-refractivity contribution is 0.0950. The number of rotatable bonds is 5. The van der Waals surface area contributed by atoms with Gasteiger partial charge in [0, 0.05) is 24.2 Å². The molecule has 0 aliphatic heterocycles. The van der Waals surface area contributed by atoms with Crippen LogP contribution in [-0.4, -0.2) is 23.2 Å². The Kier molecular flexibility index (Phi) is 5.34. The van der Waals surface area contributed by atoms with E-state index in [0.717, 1.165) is 23.6 Å². The fraction of sp³-hybridized carbons (Fsp3) is 0.368. The maximum Gasteiger partial charge on any atom is 0.251 e. The van der Waals surface area contributed by atoms with Crippen LogP contribution >= 0.6 is 11.8 Å². The summed E-state index contributed by atoms with van der Waals surface area (Å²) in [7, 11) is 0. The molecule has 4 heteroatoms. The molecule has 1 amide bonds. The second-order valence-corrected chi connectivity index (χ2v) is 7.10. The highest BCUT2D eigenvalue weighted by molar-refractivity contribution is 7.99. The van der Waals surface area contributed by atoms with Crippen LogP contribution in [0.25, 0.3) is 0 Å². The van der Waals surface area contributed by atoms with E-state index in [-0.39, 0.29) is 5.91 Å². The fourth-order valence-corrected chi connectivity index (χ4v) is 3.80. The Morgan fingerprint density at radius 1 is 1.35 bits per heavy atom. The number of amides is 1. The number of nitrogens with one attached hydrogen (secondary N) is 1. The summed E-state index contributed by atoms with van der Waals surface area (Å²) in [4.78, 5) is 16.7. The number of hydrogen-bond acceptors (Lipinski definition) is 3. The molecule has 1 atom stereocenters.